The maximum absolute atomic E-state index is 12.7. The molecule has 0 aromatic heterocycles. The molecule has 6 heteroatoms. The van der Waals surface area contributed by atoms with Crippen molar-refractivity contribution >= 4 is 0 Å². The molecule has 2 unspecified atom stereocenters. The highest BCUT2D eigenvalue weighted by Crippen LogP contribution is 2.39. The summed E-state index contributed by atoms with van der Waals surface area (Å²) >= 11 is 0. The van der Waals surface area contributed by atoms with Gasteiger partial charge in [-0.05, 0) is 45.1 Å². The summed E-state index contributed by atoms with van der Waals surface area (Å²) in [5.74, 6) is 0. The predicted octanol–water partition coefficient (Wildman–Crippen LogP) is 2.83. The van der Waals surface area contributed by atoms with E-state index in [0.717, 1.165) is 25.8 Å². The number of nitriles is 1. The van der Waals surface area contributed by atoms with Gasteiger partial charge in [-0.2, -0.15) is 18.4 Å². The average Bonchev–Trinajstić information content (AvgIpc) is 3.13. The largest absolute Gasteiger partial charge is 0.401 e. The lowest BCUT2D eigenvalue weighted by molar-refractivity contribution is -0.152. The van der Waals surface area contributed by atoms with E-state index in [-0.39, 0.29) is 12.1 Å². The summed E-state index contributed by atoms with van der Waals surface area (Å²) in [6.07, 6.45) is 0.311. The first-order valence-corrected chi connectivity index (χ1v) is 7.38. The zero-order valence-corrected chi connectivity index (χ0v) is 11.8. The molecule has 0 aromatic rings. The van der Waals surface area contributed by atoms with Crippen molar-refractivity contribution in [2.24, 2.45) is 0 Å². The fourth-order valence-electron chi connectivity index (χ4n) is 3.14. The quantitative estimate of drug-likeness (QED) is 0.817. The van der Waals surface area contributed by atoms with Gasteiger partial charge in [0.05, 0.1) is 12.6 Å². The molecule has 1 N–H and O–H groups in total. The highest BCUT2D eigenvalue weighted by molar-refractivity contribution is 5.14. The molecule has 2 rings (SSSR count). The normalized spacial score (nSPS) is 30.7. The van der Waals surface area contributed by atoms with Gasteiger partial charge in [0.1, 0.15) is 5.54 Å². The number of halogens is 3. The number of rotatable bonds is 6. The lowest BCUT2D eigenvalue weighted by Crippen LogP contribution is -2.46. The Balaban J connectivity index is 2.00. The molecule has 3 nitrogen and oxygen atoms in total. The third kappa shape index (κ3) is 3.86. The zero-order chi connectivity index (χ0) is 14.8. The molecule has 0 bridgehead atoms. The second kappa shape index (κ2) is 5.90. The Morgan fingerprint density at radius 1 is 1.30 bits per heavy atom. The van der Waals surface area contributed by atoms with Crippen LogP contribution < -0.4 is 5.32 Å². The fraction of sp³-hybridized carbons (Fsp3) is 0.929. The molecule has 0 radical (unpaired) electrons. The van der Waals surface area contributed by atoms with Gasteiger partial charge in [-0.3, -0.25) is 10.2 Å². The van der Waals surface area contributed by atoms with Gasteiger partial charge in [0.2, 0.25) is 0 Å². The molecule has 2 aliphatic rings. The van der Waals surface area contributed by atoms with Gasteiger partial charge in [0.25, 0.3) is 0 Å². The molecular formula is C14H22F3N3. The van der Waals surface area contributed by atoms with E-state index in [0.29, 0.717) is 19.3 Å². The second-order valence-electron chi connectivity index (χ2n) is 6.04. The van der Waals surface area contributed by atoms with Crippen LogP contribution in [0, 0.1) is 11.3 Å². The Bertz CT molecular complexity index is 373. The summed E-state index contributed by atoms with van der Waals surface area (Å²) in [6, 6.07) is 2.25. The molecule has 0 spiro atoms. The summed E-state index contributed by atoms with van der Waals surface area (Å²) in [5, 5.41) is 12.6. The minimum atomic E-state index is -4.16. The molecule has 2 aliphatic carbocycles. The van der Waals surface area contributed by atoms with E-state index < -0.39 is 18.3 Å². The minimum Gasteiger partial charge on any atom is -0.299 e. The first kappa shape index (κ1) is 15.6. The number of nitrogens with one attached hydrogen (secondary N) is 1. The number of nitrogens with zero attached hydrogens (tertiary/aromatic N) is 2. The summed E-state index contributed by atoms with van der Waals surface area (Å²) in [4.78, 5) is 1.59. The van der Waals surface area contributed by atoms with E-state index in [4.69, 9.17) is 0 Å². The Kier molecular flexibility index (Phi) is 4.60. The molecule has 2 fully saturated rings. The first-order chi connectivity index (χ1) is 9.39. The van der Waals surface area contributed by atoms with Crippen LogP contribution in [0.5, 0.6) is 0 Å². The number of alkyl halides is 3. The monoisotopic (exact) mass is 289 g/mol. The van der Waals surface area contributed by atoms with Crippen molar-refractivity contribution in [1.29, 1.82) is 5.26 Å². The standard InChI is InChI=1S/C14H22F3N3/c1-2-7-19-13(9-18)6-5-12(8-13)20(11-3-4-11)10-14(15,16)17/h11-12,19H,2-8,10H2,1H3. The Hall–Kier alpha value is -0.800. The van der Waals surface area contributed by atoms with Crippen LogP contribution >= 0.6 is 0 Å². The molecule has 0 amide bonds. The van der Waals surface area contributed by atoms with E-state index in [1.165, 1.54) is 0 Å². The molecule has 0 aliphatic heterocycles. The predicted molar refractivity (Wildman–Crippen MR) is 70.1 cm³/mol. The van der Waals surface area contributed by atoms with Crippen LogP contribution in [0.1, 0.15) is 45.4 Å². The van der Waals surface area contributed by atoms with Crippen LogP contribution in [-0.2, 0) is 0 Å². The first-order valence-electron chi connectivity index (χ1n) is 7.38. The highest BCUT2D eigenvalue weighted by Gasteiger charge is 2.47. The van der Waals surface area contributed by atoms with Crippen LogP contribution in [0.4, 0.5) is 13.2 Å². The van der Waals surface area contributed by atoms with Gasteiger partial charge in [-0.1, -0.05) is 6.92 Å². The number of hydrogen-bond donors (Lipinski definition) is 1. The van der Waals surface area contributed by atoms with Gasteiger partial charge in [0.15, 0.2) is 0 Å². The van der Waals surface area contributed by atoms with Crippen molar-refractivity contribution in [3.63, 3.8) is 0 Å². The van der Waals surface area contributed by atoms with Gasteiger partial charge in [-0.25, -0.2) is 0 Å². The molecule has 0 saturated heterocycles. The maximum atomic E-state index is 12.7. The lowest BCUT2D eigenvalue weighted by atomic mass is 9.99. The highest BCUT2D eigenvalue weighted by atomic mass is 19.4. The smallest absolute Gasteiger partial charge is 0.299 e. The van der Waals surface area contributed by atoms with E-state index in [1.54, 1.807) is 4.90 Å². The van der Waals surface area contributed by atoms with Crippen LogP contribution in [0.3, 0.4) is 0 Å². The minimum absolute atomic E-state index is 0.0716. The Labute approximate surface area is 118 Å². The van der Waals surface area contributed by atoms with Crippen molar-refractivity contribution < 1.29 is 13.2 Å². The molecule has 2 saturated carbocycles. The van der Waals surface area contributed by atoms with E-state index in [1.807, 2.05) is 6.92 Å². The van der Waals surface area contributed by atoms with Crippen LogP contribution in [0.2, 0.25) is 0 Å². The van der Waals surface area contributed by atoms with Crippen molar-refractivity contribution in [2.45, 2.75) is 69.2 Å². The third-order valence-corrected chi connectivity index (χ3v) is 4.26. The van der Waals surface area contributed by atoms with Crippen LogP contribution in [-0.4, -0.2) is 41.8 Å². The maximum Gasteiger partial charge on any atom is 0.401 e. The topological polar surface area (TPSA) is 39.1 Å². The molecule has 114 valence electrons. The van der Waals surface area contributed by atoms with Gasteiger partial charge in [-0.15, -0.1) is 0 Å². The summed E-state index contributed by atoms with van der Waals surface area (Å²) in [7, 11) is 0. The van der Waals surface area contributed by atoms with E-state index in [9.17, 15) is 18.4 Å². The van der Waals surface area contributed by atoms with Crippen LogP contribution in [0.25, 0.3) is 0 Å². The second-order valence-corrected chi connectivity index (χ2v) is 6.04. The van der Waals surface area contributed by atoms with E-state index in [2.05, 4.69) is 11.4 Å². The summed E-state index contributed by atoms with van der Waals surface area (Å²) in [5.41, 5.74) is -0.626. The third-order valence-electron chi connectivity index (χ3n) is 4.26. The van der Waals surface area contributed by atoms with Crippen molar-refractivity contribution in [3.05, 3.63) is 0 Å². The average molecular weight is 289 g/mol. The lowest BCUT2D eigenvalue weighted by Gasteiger charge is -2.31. The zero-order valence-electron chi connectivity index (χ0n) is 11.8. The molecule has 20 heavy (non-hydrogen) atoms. The summed E-state index contributed by atoms with van der Waals surface area (Å²) in [6.45, 7) is 1.92. The van der Waals surface area contributed by atoms with Gasteiger partial charge >= 0.3 is 6.18 Å². The molecular weight excluding hydrogens is 267 g/mol. The Morgan fingerprint density at radius 2 is 2.00 bits per heavy atom. The Morgan fingerprint density at radius 3 is 2.50 bits per heavy atom. The van der Waals surface area contributed by atoms with E-state index >= 15 is 0 Å². The van der Waals surface area contributed by atoms with Crippen molar-refractivity contribution in [2.75, 3.05) is 13.1 Å². The van der Waals surface area contributed by atoms with Gasteiger partial charge < -0.3 is 0 Å². The number of hydrogen-bond acceptors (Lipinski definition) is 3. The van der Waals surface area contributed by atoms with Crippen molar-refractivity contribution in [3.8, 4) is 6.07 Å². The molecule has 2 atom stereocenters. The summed E-state index contributed by atoms with van der Waals surface area (Å²) < 4.78 is 38.1. The van der Waals surface area contributed by atoms with Gasteiger partial charge in [0, 0.05) is 12.1 Å². The molecule has 0 aromatic carbocycles. The van der Waals surface area contributed by atoms with Crippen LogP contribution in [0.15, 0.2) is 0 Å². The fourth-order valence-corrected chi connectivity index (χ4v) is 3.14. The SMILES string of the molecule is CCCNC1(C#N)CCC(N(CC(F)(F)F)C2CC2)C1. The molecule has 0 heterocycles. The van der Waals surface area contributed by atoms with Crippen molar-refractivity contribution in [1.82, 2.24) is 10.2 Å².